The number of hydrogen-bond donors (Lipinski definition) is 1. The molecule has 1 aromatic heterocycles. The molecule has 1 heterocycles. The quantitative estimate of drug-likeness (QED) is 0.758. The Kier molecular flexibility index (Phi) is 5.47. The summed E-state index contributed by atoms with van der Waals surface area (Å²) < 4.78 is 5.13. The first-order valence-corrected chi connectivity index (χ1v) is 7.40. The molecular formula is C17H16Cl2N2O. The van der Waals surface area contributed by atoms with Crippen molar-refractivity contribution in [3.63, 3.8) is 0 Å². The number of anilines is 2. The van der Waals surface area contributed by atoms with E-state index in [-0.39, 0.29) is 0 Å². The van der Waals surface area contributed by atoms with Gasteiger partial charge in [-0.1, -0.05) is 41.9 Å². The van der Waals surface area contributed by atoms with Crippen LogP contribution < -0.4 is 10.1 Å². The van der Waals surface area contributed by atoms with E-state index in [2.05, 4.69) is 16.9 Å². The maximum Gasteiger partial charge on any atom is 0.137 e. The van der Waals surface area contributed by atoms with Crippen LogP contribution in [0.5, 0.6) is 5.75 Å². The molecule has 0 bridgehead atoms. The van der Waals surface area contributed by atoms with Gasteiger partial charge in [0.2, 0.25) is 0 Å². The Hall–Kier alpha value is -1.97. The van der Waals surface area contributed by atoms with Crippen molar-refractivity contribution in [3.8, 4) is 5.75 Å². The molecular weight excluding hydrogens is 319 g/mol. The summed E-state index contributed by atoms with van der Waals surface area (Å²) in [5.74, 6) is 1.28. The topological polar surface area (TPSA) is 34.2 Å². The number of halogens is 2. The average molecular weight is 335 g/mol. The molecule has 114 valence electrons. The lowest BCUT2D eigenvalue weighted by atomic mass is 10.1. The van der Waals surface area contributed by atoms with E-state index in [1.165, 1.54) is 0 Å². The molecule has 0 aliphatic rings. The molecule has 0 unspecified atom stereocenters. The normalized spacial score (nSPS) is 10.7. The minimum atomic E-state index is 0.393. The van der Waals surface area contributed by atoms with Crippen LogP contribution >= 0.6 is 23.2 Å². The first kappa shape index (κ1) is 16.4. The summed E-state index contributed by atoms with van der Waals surface area (Å²) in [5, 5.41) is 4.11. The van der Waals surface area contributed by atoms with Crippen molar-refractivity contribution in [1.82, 2.24) is 4.98 Å². The van der Waals surface area contributed by atoms with Gasteiger partial charge in [0.25, 0.3) is 0 Å². The van der Waals surface area contributed by atoms with E-state index < -0.39 is 0 Å². The van der Waals surface area contributed by atoms with Gasteiger partial charge in [0.05, 0.1) is 22.9 Å². The van der Waals surface area contributed by atoms with Gasteiger partial charge in [-0.25, -0.2) is 4.98 Å². The highest BCUT2D eigenvalue weighted by Crippen LogP contribution is 2.29. The number of allylic oxidation sites excluding steroid dienone is 1. The minimum absolute atomic E-state index is 0.393. The molecule has 0 radical (unpaired) electrons. The number of nitrogens with zero attached hydrogens (tertiary/aromatic N) is 1. The van der Waals surface area contributed by atoms with Crippen LogP contribution in [-0.2, 0) is 0 Å². The molecule has 0 spiro atoms. The molecule has 0 aliphatic carbocycles. The highest BCUT2D eigenvalue weighted by atomic mass is 35.5. The van der Waals surface area contributed by atoms with Crippen LogP contribution in [0.25, 0.3) is 11.1 Å². The summed E-state index contributed by atoms with van der Waals surface area (Å²) in [5.41, 5.74) is 2.37. The van der Waals surface area contributed by atoms with Crippen LogP contribution in [0.15, 0.2) is 43.0 Å². The largest absolute Gasteiger partial charge is 0.495 e. The van der Waals surface area contributed by atoms with Crippen molar-refractivity contribution >= 4 is 45.8 Å². The number of nitrogens with one attached hydrogen (secondary N) is 1. The van der Waals surface area contributed by atoms with Crippen LogP contribution in [0.4, 0.5) is 11.5 Å². The maximum absolute atomic E-state index is 6.11. The molecule has 2 rings (SSSR count). The van der Waals surface area contributed by atoms with Gasteiger partial charge in [0, 0.05) is 11.3 Å². The third-order valence-corrected chi connectivity index (χ3v) is 3.43. The Morgan fingerprint density at radius 3 is 2.68 bits per heavy atom. The molecule has 22 heavy (non-hydrogen) atoms. The van der Waals surface area contributed by atoms with Gasteiger partial charge in [-0.2, -0.15) is 0 Å². The van der Waals surface area contributed by atoms with E-state index in [0.717, 1.165) is 11.3 Å². The van der Waals surface area contributed by atoms with Gasteiger partial charge in [0.1, 0.15) is 11.6 Å². The predicted molar refractivity (Wildman–Crippen MR) is 95.1 cm³/mol. The van der Waals surface area contributed by atoms with Gasteiger partial charge < -0.3 is 10.1 Å². The lowest BCUT2D eigenvalue weighted by Crippen LogP contribution is -1.98. The molecule has 0 aliphatic heterocycles. The summed E-state index contributed by atoms with van der Waals surface area (Å²) in [6.07, 6.45) is 3.86. The van der Waals surface area contributed by atoms with Crippen molar-refractivity contribution < 1.29 is 4.74 Å². The first-order valence-electron chi connectivity index (χ1n) is 6.64. The van der Waals surface area contributed by atoms with Crippen molar-refractivity contribution in [2.45, 2.75) is 6.92 Å². The van der Waals surface area contributed by atoms with E-state index in [0.29, 0.717) is 27.3 Å². The molecule has 1 N–H and O–H groups in total. The van der Waals surface area contributed by atoms with E-state index >= 15 is 0 Å². The fraction of sp³-hybridized carbons (Fsp3) is 0.118. The molecule has 0 saturated carbocycles. The average Bonchev–Trinajstić information content (AvgIpc) is 2.49. The zero-order valence-electron chi connectivity index (χ0n) is 12.4. The fourth-order valence-electron chi connectivity index (χ4n) is 1.96. The molecule has 2 aromatic rings. The van der Waals surface area contributed by atoms with Crippen LogP contribution in [0.3, 0.4) is 0 Å². The lowest BCUT2D eigenvalue weighted by molar-refractivity contribution is 0.415. The van der Waals surface area contributed by atoms with Gasteiger partial charge in [-0.05, 0) is 37.3 Å². The molecule has 0 saturated heterocycles. The number of ether oxygens (including phenoxy) is 1. The van der Waals surface area contributed by atoms with Gasteiger partial charge in [-0.15, -0.1) is 0 Å². The highest BCUT2D eigenvalue weighted by molar-refractivity contribution is 6.48. The zero-order valence-corrected chi connectivity index (χ0v) is 13.9. The van der Waals surface area contributed by atoms with E-state index in [4.69, 9.17) is 27.9 Å². The maximum atomic E-state index is 6.11. The number of benzene rings is 1. The molecule has 1 aromatic carbocycles. The molecule has 3 nitrogen and oxygen atoms in total. The van der Waals surface area contributed by atoms with Crippen molar-refractivity contribution in [3.05, 3.63) is 59.3 Å². The highest BCUT2D eigenvalue weighted by Gasteiger charge is 2.07. The summed E-state index contributed by atoms with van der Waals surface area (Å²) in [7, 11) is 1.58. The summed E-state index contributed by atoms with van der Waals surface area (Å²) in [6.45, 7) is 5.69. The minimum Gasteiger partial charge on any atom is -0.495 e. The number of methoxy groups -OCH3 is 1. The van der Waals surface area contributed by atoms with Crippen LogP contribution in [0.1, 0.15) is 18.2 Å². The number of pyridine rings is 1. The standard InChI is InChI=1S/C17H16Cl2N2O/c1-4-5-12-6-9-16(21-17(12)11(2)18)20-13-7-8-15(22-3)14(19)10-13/h4-10H,2H2,1,3H3,(H,20,21)/b5-4-. The van der Waals surface area contributed by atoms with E-state index in [1.54, 1.807) is 19.2 Å². The fourth-order valence-corrected chi connectivity index (χ4v) is 2.37. The first-order chi connectivity index (χ1) is 10.5. The Morgan fingerprint density at radius 2 is 2.09 bits per heavy atom. The zero-order chi connectivity index (χ0) is 16.1. The Balaban J connectivity index is 2.32. The Morgan fingerprint density at radius 1 is 1.32 bits per heavy atom. The van der Waals surface area contributed by atoms with E-state index in [9.17, 15) is 0 Å². The Labute approximate surface area is 140 Å². The molecule has 0 atom stereocenters. The third kappa shape index (κ3) is 3.81. The third-order valence-electron chi connectivity index (χ3n) is 2.95. The van der Waals surface area contributed by atoms with E-state index in [1.807, 2.05) is 37.3 Å². The second-order valence-electron chi connectivity index (χ2n) is 4.51. The van der Waals surface area contributed by atoms with Gasteiger partial charge >= 0.3 is 0 Å². The molecule has 0 fully saturated rings. The van der Waals surface area contributed by atoms with Crippen LogP contribution in [-0.4, -0.2) is 12.1 Å². The SMILES string of the molecule is C=C(Cl)c1nc(Nc2ccc(OC)c(Cl)c2)ccc1/C=C\C. The predicted octanol–water partition coefficient (Wildman–Crippen LogP) is 5.73. The van der Waals surface area contributed by atoms with Crippen molar-refractivity contribution in [2.75, 3.05) is 12.4 Å². The number of hydrogen-bond acceptors (Lipinski definition) is 3. The van der Waals surface area contributed by atoms with Crippen LogP contribution in [0, 0.1) is 0 Å². The van der Waals surface area contributed by atoms with Gasteiger partial charge in [-0.3, -0.25) is 0 Å². The Bertz CT molecular complexity index is 727. The smallest absolute Gasteiger partial charge is 0.137 e. The second-order valence-corrected chi connectivity index (χ2v) is 5.38. The second kappa shape index (κ2) is 7.34. The van der Waals surface area contributed by atoms with Gasteiger partial charge in [0.15, 0.2) is 0 Å². The molecule has 0 amide bonds. The monoisotopic (exact) mass is 334 g/mol. The number of aromatic nitrogens is 1. The summed E-state index contributed by atoms with van der Waals surface area (Å²) >= 11 is 12.1. The van der Waals surface area contributed by atoms with Crippen molar-refractivity contribution in [2.24, 2.45) is 0 Å². The summed E-state index contributed by atoms with van der Waals surface area (Å²) in [4.78, 5) is 4.49. The van der Waals surface area contributed by atoms with Crippen molar-refractivity contribution in [1.29, 1.82) is 0 Å². The lowest BCUT2D eigenvalue weighted by Gasteiger charge is -2.11. The van der Waals surface area contributed by atoms with Crippen LogP contribution in [0.2, 0.25) is 5.02 Å². The molecule has 5 heteroatoms. The number of rotatable bonds is 5. The summed E-state index contributed by atoms with van der Waals surface area (Å²) in [6, 6.07) is 9.24.